The number of benzene rings is 1. The molecule has 1 amide bonds. The molecule has 1 N–H and O–H groups in total. The Morgan fingerprint density at radius 2 is 2.25 bits per heavy atom. The highest BCUT2D eigenvalue weighted by atomic mass is 35.5. The summed E-state index contributed by atoms with van der Waals surface area (Å²) in [6, 6.07) is 7.10. The largest absolute Gasteiger partial charge is 0.481 e. The van der Waals surface area contributed by atoms with Gasteiger partial charge < -0.3 is 14.7 Å². The van der Waals surface area contributed by atoms with Crippen LogP contribution < -0.4 is 0 Å². The molecule has 1 atom stereocenters. The quantitative estimate of drug-likeness (QED) is 0.917. The highest BCUT2D eigenvalue weighted by molar-refractivity contribution is 6.30. The number of ether oxygens (including phenoxy) is 1. The van der Waals surface area contributed by atoms with Crippen LogP contribution in [0.2, 0.25) is 5.02 Å². The lowest BCUT2D eigenvalue weighted by molar-refractivity contribution is -0.144. The van der Waals surface area contributed by atoms with Gasteiger partial charge in [-0.05, 0) is 17.7 Å². The number of carbonyl (C=O) groups excluding carboxylic acids is 1. The minimum absolute atomic E-state index is 0.107. The minimum atomic E-state index is -0.938. The van der Waals surface area contributed by atoms with Crippen molar-refractivity contribution in [2.24, 2.45) is 5.92 Å². The Hall–Kier alpha value is -1.59. The number of carbonyl (C=O) groups is 2. The first-order chi connectivity index (χ1) is 9.56. The summed E-state index contributed by atoms with van der Waals surface area (Å²) < 4.78 is 5.22. The third-order valence-electron chi connectivity index (χ3n) is 3.21. The summed E-state index contributed by atoms with van der Waals surface area (Å²) in [7, 11) is 0. The van der Waals surface area contributed by atoms with Crippen molar-refractivity contribution < 1.29 is 19.4 Å². The number of amides is 1. The first kappa shape index (κ1) is 14.8. The van der Waals surface area contributed by atoms with Crippen molar-refractivity contribution in [2.45, 2.75) is 6.42 Å². The van der Waals surface area contributed by atoms with Gasteiger partial charge in [0.1, 0.15) is 0 Å². The van der Waals surface area contributed by atoms with Gasteiger partial charge in [-0.15, -0.1) is 0 Å². The monoisotopic (exact) mass is 297 g/mol. The summed E-state index contributed by atoms with van der Waals surface area (Å²) in [5, 5.41) is 9.63. The zero-order chi connectivity index (χ0) is 14.5. The summed E-state index contributed by atoms with van der Waals surface area (Å²) in [4.78, 5) is 24.8. The lowest BCUT2D eigenvalue weighted by atomic mass is 10.1. The summed E-state index contributed by atoms with van der Waals surface area (Å²) in [6.45, 7) is 1.12. The van der Waals surface area contributed by atoms with Crippen LogP contribution in [0.4, 0.5) is 0 Å². The standard InChI is InChI=1S/C14H16ClNO4/c15-12-3-1-2-10(6-12)7-13(17)16-4-5-20-9-11(8-16)14(18)19/h1-3,6,11H,4-5,7-9H2,(H,18,19). The van der Waals surface area contributed by atoms with Gasteiger partial charge in [0, 0.05) is 18.1 Å². The summed E-state index contributed by atoms with van der Waals surface area (Å²) in [5.41, 5.74) is 0.819. The number of carboxylic acids is 1. The summed E-state index contributed by atoms with van der Waals surface area (Å²) in [6.07, 6.45) is 0.215. The van der Waals surface area contributed by atoms with E-state index in [2.05, 4.69) is 0 Å². The van der Waals surface area contributed by atoms with Crippen LogP contribution in [0.25, 0.3) is 0 Å². The smallest absolute Gasteiger partial charge is 0.310 e. The Labute approximate surface area is 122 Å². The molecule has 5 nitrogen and oxygen atoms in total. The molecule has 1 fully saturated rings. The Bertz CT molecular complexity index is 506. The molecule has 0 aliphatic carbocycles. The van der Waals surface area contributed by atoms with Crippen LogP contribution in [0.3, 0.4) is 0 Å². The molecule has 1 unspecified atom stereocenters. The second-order valence-electron chi connectivity index (χ2n) is 4.76. The molecule has 1 heterocycles. The van der Waals surface area contributed by atoms with Crippen molar-refractivity contribution in [2.75, 3.05) is 26.3 Å². The molecule has 0 bridgehead atoms. The van der Waals surface area contributed by atoms with E-state index in [1.807, 2.05) is 6.07 Å². The lowest BCUT2D eigenvalue weighted by Gasteiger charge is -2.22. The van der Waals surface area contributed by atoms with E-state index in [4.69, 9.17) is 21.4 Å². The van der Waals surface area contributed by atoms with Crippen LogP contribution in [0.15, 0.2) is 24.3 Å². The fourth-order valence-electron chi connectivity index (χ4n) is 2.12. The molecule has 0 aromatic heterocycles. The van der Waals surface area contributed by atoms with Gasteiger partial charge >= 0.3 is 5.97 Å². The van der Waals surface area contributed by atoms with Crippen molar-refractivity contribution in [3.05, 3.63) is 34.9 Å². The zero-order valence-corrected chi connectivity index (χ0v) is 11.7. The van der Waals surface area contributed by atoms with Gasteiger partial charge in [0.25, 0.3) is 0 Å². The van der Waals surface area contributed by atoms with E-state index in [-0.39, 0.29) is 25.5 Å². The van der Waals surface area contributed by atoms with Gasteiger partial charge in [-0.2, -0.15) is 0 Å². The lowest BCUT2D eigenvalue weighted by Crippen LogP contribution is -2.38. The molecule has 0 saturated carbocycles. The molecule has 1 aromatic rings. The van der Waals surface area contributed by atoms with E-state index >= 15 is 0 Å². The molecule has 2 rings (SSSR count). The van der Waals surface area contributed by atoms with Gasteiger partial charge in [0.05, 0.1) is 25.6 Å². The molecule has 0 radical (unpaired) electrons. The van der Waals surface area contributed by atoms with Crippen molar-refractivity contribution >= 4 is 23.5 Å². The summed E-state index contributed by atoms with van der Waals surface area (Å²) in [5.74, 6) is -1.71. The normalized spacial score (nSPS) is 19.4. The topological polar surface area (TPSA) is 66.8 Å². The predicted molar refractivity (Wildman–Crippen MR) is 73.7 cm³/mol. The van der Waals surface area contributed by atoms with E-state index in [1.165, 1.54) is 0 Å². The minimum Gasteiger partial charge on any atom is -0.481 e. The number of nitrogens with zero attached hydrogens (tertiary/aromatic N) is 1. The number of hydrogen-bond acceptors (Lipinski definition) is 3. The SMILES string of the molecule is O=C(O)C1COCCN(C(=O)Cc2cccc(Cl)c2)C1. The fourth-order valence-corrected chi connectivity index (χ4v) is 2.33. The van der Waals surface area contributed by atoms with E-state index < -0.39 is 11.9 Å². The first-order valence-electron chi connectivity index (χ1n) is 6.39. The summed E-state index contributed by atoms with van der Waals surface area (Å²) >= 11 is 5.88. The molecule has 1 aromatic carbocycles. The van der Waals surface area contributed by atoms with Crippen molar-refractivity contribution in [3.63, 3.8) is 0 Å². The average Bonchev–Trinajstić information content (AvgIpc) is 2.64. The number of carboxylic acid groups (broad SMARTS) is 1. The molecule has 1 aliphatic rings. The molecule has 1 aliphatic heterocycles. The predicted octanol–water partition coefficient (Wildman–Crippen LogP) is 1.44. The maximum absolute atomic E-state index is 12.2. The molecule has 0 spiro atoms. The van der Waals surface area contributed by atoms with Crippen LogP contribution in [0, 0.1) is 5.92 Å². The Morgan fingerprint density at radius 3 is 2.95 bits per heavy atom. The molecular formula is C14H16ClNO4. The van der Waals surface area contributed by atoms with Crippen molar-refractivity contribution in [1.82, 2.24) is 4.90 Å². The van der Waals surface area contributed by atoms with Gasteiger partial charge in [0.15, 0.2) is 0 Å². The van der Waals surface area contributed by atoms with Gasteiger partial charge in [-0.1, -0.05) is 23.7 Å². The second kappa shape index (κ2) is 6.72. The van der Waals surface area contributed by atoms with E-state index in [0.29, 0.717) is 18.2 Å². The van der Waals surface area contributed by atoms with Crippen LogP contribution >= 0.6 is 11.6 Å². The zero-order valence-electron chi connectivity index (χ0n) is 10.9. The fraction of sp³-hybridized carbons (Fsp3) is 0.429. The Morgan fingerprint density at radius 1 is 1.45 bits per heavy atom. The third kappa shape index (κ3) is 3.95. The molecule has 1 saturated heterocycles. The molecule has 20 heavy (non-hydrogen) atoms. The second-order valence-corrected chi connectivity index (χ2v) is 5.19. The maximum atomic E-state index is 12.2. The molecule has 108 valence electrons. The number of hydrogen-bond donors (Lipinski definition) is 1. The first-order valence-corrected chi connectivity index (χ1v) is 6.77. The van der Waals surface area contributed by atoms with Crippen molar-refractivity contribution in [3.8, 4) is 0 Å². The maximum Gasteiger partial charge on any atom is 0.310 e. The number of aliphatic carboxylic acids is 1. The van der Waals surface area contributed by atoms with Crippen LogP contribution in [-0.2, 0) is 20.7 Å². The average molecular weight is 298 g/mol. The Balaban J connectivity index is 2.02. The van der Waals surface area contributed by atoms with Crippen molar-refractivity contribution in [1.29, 1.82) is 0 Å². The van der Waals surface area contributed by atoms with Crippen LogP contribution in [0.5, 0.6) is 0 Å². The Kier molecular flexibility index (Phi) is 4.98. The highest BCUT2D eigenvalue weighted by Gasteiger charge is 2.27. The van der Waals surface area contributed by atoms with E-state index in [1.54, 1.807) is 23.1 Å². The number of halogens is 1. The molecule has 6 heteroatoms. The van der Waals surface area contributed by atoms with E-state index in [0.717, 1.165) is 5.56 Å². The number of rotatable bonds is 3. The van der Waals surface area contributed by atoms with Crippen LogP contribution in [0.1, 0.15) is 5.56 Å². The van der Waals surface area contributed by atoms with Gasteiger partial charge in [-0.25, -0.2) is 0 Å². The molecular weight excluding hydrogens is 282 g/mol. The van der Waals surface area contributed by atoms with Gasteiger partial charge in [-0.3, -0.25) is 9.59 Å². The van der Waals surface area contributed by atoms with E-state index in [9.17, 15) is 9.59 Å². The highest BCUT2D eigenvalue weighted by Crippen LogP contribution is 2.14. The van der Waals surface area contributed by atoms with Gasteiger partial charge in [0.2, 0.25) is 5.91 Å². The van der Waals surface area contributed by atoms with Crippen LogP contribution in [-0.4, -0.2) is 48.2 Å². The third-order valence-corrected chi connectivity index (χ3v) is 3.45.